The zero-order valence-electron chi connectivity index (χ0n) is 13.6. The third-order valence-electron chi connectivity index (χ3n) is 3.79. The molecule has 1 aromatic carbocycles. The van der Waals surface area contributed by atoms with E-state index >= 15 is 0 Å². The Bertz CT molecular complexity index is 815. The summed E-state index contributed by atoms with van der Waals surface area (Å²) in [5, 5.41) is 8.33. The van der Waals surface area contributed by atoms with Crippen molar-refractivity contribution in [2.75, 3.05) is 10.3 Å². The van der Waals surface area contributed by atoms with Crippen molar-refractivity contribution in [2.45, 2.75) is 26.7 Å². The third-order valence-corrected chi connectivity index (χ3v) is 3.79. The van der Waals surface area contributed by atoms with Crippen LogP contribution in [0.2, 0.25) is 0 Å². The first-order valence-electron chi connectivity index (χ1n) is 7.74. The molecule has 2 amide bonds. The van der Waals surface area contributed by atoms with Crippen LogP contribution in [-0.4, -0.2) is 22.5 Å². The Morgan fingerprint density at radius 2 is 2.00 bits per heavy atom. The topological polar surface area (TPSA) is 74.7 Å². The Kier molecular flexibility index (Phi) is 4.37. The van der Waals surface area contributed by atoms with E-state index < -0.39 is 0 Å². The molecule has 1 aliphatic rings. The lowest BCUT2D eigenvalue weighted by Gasteiger charge is -2.24. The minimum atomic E-state index is -0.337. The molecule has 1 aliphatic heterocycles. The van der Waals surface area contributed by atoms with Gasteiger partial charge in [-0.05, 0) is 43.2 Å². The molecule has 2 heterocycles. The first-order chi connectivity index (χ1) is 11.5. The molecule has 3 rings (SSSR count). The predicted octanol–water partition coefficient (Wildman–Crippen LogP) is 2.82. The van der Waals surface area contributed by atoms with E-state index in [9.17, 15) is 9.59 Å². The molecule has 0 atom stereocenters. The SMILES string of the molecule is Cc1ccc(C)c(N2N=C(C(=O)Nc3ccccn3)CCC2=O)c1. The van der Waals surface area contributed by atoms with Crippen LogP contribution in [0, 0.1) is 13.8 Å². The van der Waals surface area contributed by atoms with E-state index in [0.29, 0.717) is 23.6 Å². The number of anilines is 2. The molecule has 122 valence electrons. The molecule has 6 heteroatoms. The van der Waals surface area contributed by atoms with Gasteiger partial charge in [0.25, 0.3) is 5.91 Å². The van der Waals surface area contributed by atoms with Crippen molar-refractivity contribution >= 4 is 29.0 Å². The fourth-order valence-corrected chi connectivity index (χ4v) is 2.48. The highest BCUT2D eigenvalue weighted by atomic mass is 16.2. The molecule has 24 heavy (non-hydrogen) atoms. The molecule has 0 saturated carbocycles. The summed E-state index contributed by atoms with van der Waals surface area (Å²) in [7, 11) is 0. The lowest BCUT2D eigenvalue weighted by molar-refractivity contribution is -0.118. The Hall–Kier alpha value is -3.02. The van der Waals surface area contributed by atoms with Crippen LogP contribution >= 0.6 is 0 Å². The molecular weight excluding hydrogens is 304 g/mol. The highest BCUT2D eigenvalue weighted by Crippen LogP contribution is 2.25. The van der Waals surface area contributed by atoms with Gasteiger partial charge < -0.3 is 5.32 Å². The van der Waals surface area contributed by atoms with Gasteiger partial charge in [0, 0.05) is 19.0 Å². The average molecular weight is 322 g/mol. The second-order valence-electron chi connectivity index (χ2n) is 5.71. The van der Waals surface area contributed by atoms with Gasteiger partial charge in [-0.1, -0.05) is 18.2 Å². The number of hydrazone groups is 1. The number of nitrogens with one attached hydrogen (secondary N) is 1. The van der Waals surface area contributed by atoms with E-state index in [-0.39, 0.29) is 18.2 Å². The van der Waals surface area contributed by atoms with Crippen LogP contribution in [0.5, 0.6) is 0 Å². The molecule has 1 N–H and O–H groups in total. The van der Waals surface area contributed by atoms with Crippen LogP contribution in [0.25, 0.3) is 0 Å². The fraction of sp³-hybridized carbons (Fsp3) is 0.222. The number of aryl methyl sites for hydroxylation is 2. The highest BCUT2D eigenvalue weighted by molar-refractivity contribution is 6.44. The van der Waals surface area contributed by atoms with Gasteiger partial charge in [-0.15, -0.1) is 0 Å². The first-order valence-corrected chi connectivity index (χ1v) is 7.74. The van der Waals surface area contributed by atoms with Gasteiger partial charge in [-0.25, -0.2) is 9.99 Å². The quantitative estimate of drug-likeness (QED) is 0.944. The van der Waals surface area contributed by atoms with Crippen molar-refractivity contribution in [3.63, 3.8) is 0 Å². The summed E-state index contributed by atoms with van der Waals surface area (Å²) in [6.07, 6.45) is 2.17. The summed E-state index contributed by atoms with van der Waals surface area (Å²) < 4.78 is 0. The van der Waals surface area contributed by atoms with Gasteiger partial charge in [0.15, 0.2) is 0 Å². The monoisotopic (exact) mass is 322 g/mol. The normalized spacial score (nSPS) is 14.3. The van der Waals surface area contributed by atoms with Crippen LogP contribution in [0.4, 0.5) is 11.5 Å². The van der Waals surface area contributed by atoms with Crippen molar-refractivity contribution in [1.82, 2.24) is 4.98 Å². The Morgan fingerprint density at radius 3 is 2.75 bits per heavy atom. The van der Waals surface area contributed by atoms with Crippen molar-refractivity contribution in [2.24, 2.45) is 5.10 Å². The molecule has 6 nitrogen and oxygen atoms in total. The second-order valence-corrected chi connectivity index (χ2v) is 5.71. The fourth-order valence-electron chi connectivity index (χ4n) is 2.48. The molecule has 0 radical (unpaired) electrons. The zero-order valence-corrected chi connectivity index (χ0v) is 13.6. The Labute approximate surface area is 140 Å². The van der Waals surface area contributed by atoms with Crippen LogP contribution in [0.15, 0.2) is 47.7 Å². The number of rotatable bonds is 3. The summed E-state index contributed by atoms with van der Waals surface area (Å²) in [4.78, 5) is 28.7. The molecule has 0 unspecified atom stereocenters. The molecular formula is C18H18N4O2. The van der Waals surface area contributed by atoms with Crippen molar-refractivity contribution in [3.8, 4) is 0 Å². The van der Waals surface area contributed by atoms with Crippen LogP contribution < -0.4 is 10.3 Å². The molecule has 2 aromatic rings. The van der Waals surface area contributed by atoms with Gasteiger partial charge in [0.05, 0.1) is 5.69 Å². The van der Waals surface area contributed by atoms with Gasteiger partial charge in [0.2, 0.25) is 5.91 Å². The predicted molar refractivity (Wildman–Crippen MR) is 92.9 cm³/mol. The van der Waals surface area contributed by atoms with E-state index in [4.69, 9.17) is 0 Å². The Balaban J connectivity index is 1.88. The molecule has 0 saturated heterocycles. The number of carbonyl (C=O) groups excluding carboxylic acids is 2. The van der Waals surface area contributed by atoms with Gasteiger partial charge in [-0.2, -0.15) is 5.10 Å². The number of aromatic nitrogens is 1. The van der Waals surface area contributed by atoms with Crippen LogP contribution in [-0.2, 0) is 9.59 Å². The number of nitrogens with zero attached hydrogens (tertiary/aromatic N) is 3. The first kappa shape index (κ1) is 15.9. The number of pyridine rings is 1. The second kappa shape index (κ2) is 6.62. The van der Waals surface area contributed by atoms with E-state index in [2.05, 4.69) is 15.4 Å². The molecule has 0 spiro atoms. The number of carbonyl (C=O) groups is 2. The largest absolute Gasteiger partial charge is 0.305 e. The third kappa shape index (κ3) is 3.32. The van der Waals surface area contributed by atoms with Gasteiger partial charge in [0.1, 0.15) is 11.5 Å². The van der Waals surface area contributed by atoms with E-state index in [0.717, 1.165) is 11.1 Å². The Morgan fingerprint density at radius 1 is 1.17 bits per heavy atom. The summed E-state index contributed by atoms with van der Waals surface area (Å²) in [6.45, 7) is 3.87. The maximum atomic E-state index is 12.4. The molecule has 0 aliphatic carbocycles. The lowest BCUT2D eigenvalue weighted by Crippen LogP contribution is -2.36. The molecule has 0 fully saturated rings. The van der Waals surface area contributed by atoms with E-state index in [1.54, 1.807) is 24.4 Å². The highest BCUT2D eigenvalue weighted by Gasteiger charge is 2.26. The number of hydrogen-bond acceptors (Lipinski definition) is 4. The molecule has 0 bridgehead atoms. The summed E-state index contributed by atoms with van der Waals surface area (Å²) in [5.41, 5.74) is 3.00. The average Bonchev–Trinajstić information content (AvgIpc) is 2.58. The smallest absolute Gasteiger partial charge is 0.273 e. The number of amides is 2. The van der Waals surface area contributed by atoms with Gasteiger partial charge in [-0.3, -0.25) is 9.59 Å². The van der Waals surface area contributed by atoms with Crippen molar-refractivity contribution in [1.29, 1.82) is 0 Å². The van der Waals surface area contributed by atoms with Gasteiger partial charge >= 0.3 is 0 Å². The summed E-state index contributed by atoms with van der Waals surface area (Å²) >= 11 is 0. The van der Waals surface area contributed by atoms with E-state index in [1.165, 1.54) is 5.01 Å². The van der Waals surface area contributed by atoms with E-state index in [1.807, 2.05) is 32.0 Å². The maximum Gasteiger partial charge on any atom is 0.273 e. The van der Waals surface area contributed by atoms with Crippen LogP contribution in [0.1, 0.15) is 24.0 Å². The number of hydrogen-bond donors (Lipinski definition) is 1. The maximum absolute atomic E-state index is 12.4. The van der Waals surface area contributed by atoms with Crippen molar-refractivity contribution < 1.29 is 9.59 Å². The number of benzene rings is 1. The van der Waals surface area contributed by atoms with Crippen molar-refractivity contribution in [3.05, 3.63) is 53.7 Å². The van der Waals surface area contributed by atoms with Crippen LogP contribution in [0.3, 0.4) is 0 Å². The zero-order chi connectivity index (χ0) is 17.1. The standard InChI is InChI=1S/C18H18N4O2/c1-12-6-7-13(2)15(11-12)22-17(23)9-8-14(21-22)18(24)20-16-5-3-4-10-19-16/h3-7,10-11H,8-9H2,1-2H3,(H,19,20,24). The minimum Gasteiger partial charge on any atom is -0.305 e. The summed E-state index contributed by atoms with van der Waals surface area (Å²) in [6, 6.07) is 11.1. The lowest BCUT2D eigenvalue weighted by atomic mass is 10.1. The minimum absolute atomic E-state index is 0.113. The summed E-state index contributed by atoms with van der Waals surface area (Å²) in [5.74, 6) is 0.00924. The molecule has 1 aromatic heterocycles.